The Morgan fingerprint density at radius 3 is 2.20 bits per heavy atom. The summed E-state index contributed by atoms with van der Waals surface area (Å²) < 4.78 is 40.5. The summed E-state index contributed by atoms with van der Waals surface area (Å²) in [5.41, 5.74) is 6.13. The number of hydrogen-bond donors (Lipinski definition) is 1. The Morgan fingerprint density at radius 2 is 1.65 bits per heavy atom. The second-order valence-electron chi connectivity index (χ2n) is 4.42. The van der Waals surface area contributed by atoms with Gasteiger partial charge in [-0.15, -0.1) is 0 Å². The third-order valence-corrected chi connectivity index (χ3v) is 3.14. The highest BCUT2D eigenvalue weighted by molar-refractivity contribution is 5.57. The molecular formula is C15H15F3N2. The van der Waals surface area contributed by atoms with Gasteiger partial charge in [0.25, 0.3) is 0 Å². The molecule has 0 unspecified atom stereocenters. The lowest BCUT2D eigenvalue weighted by Gasteiger charge is -2.24. The Hall–Kier alpha value is -2.17. The van der Waals surface area contributed by atoms with Gasteiger partial charge in [-0.1, -0.05) is 6.07 Å². The first kappa shape index (κ1) is 14.2. The maximum atomic E-state index is 13.7. The molecule has 2 rings (SSSR count). The number of hydrogen-bond acceptors (Lipinski definition) is 2. The molecule has 106 valence electrons. The van der Waals surface area contributed by atoms with Crippen LogP contribution in [0.4, 0.5) is 24.5 Å². The molecule has 2 N–H and O–H groups in total. The SMILES string of the molecule is CCN(Cc1c(F)cccc1F)c1ccc(F)c(N)c1. The first-order chi connectivity index (χ1) is 9.52. The van der Waals surface area contributed by atoms with E-state index in [1.54, 1.807) is 4.90 Å². The molecule has 0 aliphatic heterocycles. The maximum absolute atomic E-state index is 13.7. The van der Waals surface area contributed by atoms with Gasteiger partial charge in [0.15, 0.2) is 0 Å². The lowest BCUT2D eigenvalue weighted by Crippen LogP contribution is -2.23. The molecule has 2 nitrogen and oxygen atoms in total. The van der Waals surface area contributed by atoms with Crippen molar-refractivity contribution in [2.45, 2.75) is 13.5 Å². The van der Waals surface area contributed by atoms with Gasteiger partial charge in [0, 0.05) is 24.3 Å². The molecule has 0 fully saturated rings. The van der Waals surface area contributed by atoms with Crippen molar-refractivity contribution in [3.05, 3.63) is 59.4 Å². The molecule has 2 aromatic carbocycles. The van der Waals surface area contributed by atoms with E-state index in [1.807, 2.05) is 6.92 Å². The van der Waals surface area contributed by atoms with Gasteiger partial charge in [-0.25, -0.2) is 13.2 Å². The number of anilines is 2. The summed E-state index contributed by atoms with van der Waals surface area (Å²) in [6.45, 7) is 2.41. The molecule has 2 aromatic rings. The van der Waals surface area contributed by atoms with Crippen molar-refractivity contribution < 1.29 is 13.2 Å². The van der Waals surface area contributed by atoms with Crippen LogP contribution < -0.4 is 10.6 Å². The van der Waals surface area contributed by atoms with E-state index in [1.165, 1.54) is 36.4 Å². The molecule has 0 saturated carbocycles. The van der Waals surface area contributed by atoms with E-state index < -0.39 is 17.5 Å². The third kappa shape index (κ3) is 2.87. The molecule has 0 atom stereocenters. The molecule has 0 bridgehead atoms. The van der Waals surface area contributed by atoms with E-state index >= 15 is 0 Å². The predicted molar refractivity (Wildman–Crippen MR) is 73.9 cm³/mol. The van der Waals surface area contributed by atoms with Gasteiger partial charge >= 0.3 is 0 Å². The van der Waals surface area contributed by atoms with Gasteiger partial charge in [-0.05, 0) is 37.3 Å². The Bertz CT molecular complexity index is 594. The summed E-state index contributed by atoms with van der Waals surface area (Å²) in [5.74, 6) is -1.71. The van der Waals surface area contributed by atoms with Crippen LogP contribution in [0.2, 0.25) is 0 Å². The van der Waals surface area contributed by atoms with Crippen molar-refractivity contribution in [3.63, 3.8) is 0 Å². The number of nitrogens with zero attached hydrogens (tertiary/aromatic N) is 1. The lowest BCUT2D eigenvalue weighted by atomic mass is 10.1. The van der Waals surface area contributed by atoms with Crippen LogP contribution in [-0.4, -0.2) is 6.54 Å². The molecule has 0 aliphatic rings. The monoisotopic (exact) mass is 280 g/mol. The Balaban J connectivity index is 2.31. The van der Waals surface area contributed by atoms with Crippen molar-refractivity contribution in [2.24, 2.45) is 0 Å². The summed E-state index contributed by atoms with van der Waals surface area (Å²) >= 11 is 0. The average molecular weight is 280 g/mol. The molecule has 0 heterocycles. The number of halogens is 3. The number of nitrogen functional groups attached to an aromatic ring is 1. The summed E-state index contributed by atoms with van der Waals surface area (Å²) in [4.78, 5) is 1.72. The van der Waals surface area contributed by atoms with Crippen LogP contribution in [0, 0.1) is 17.5 Å². The number of nitrogens with two attached hydrogens (primary N) is 1. The molecule has 5 heteroatoms. The molecule has 20 heavy (non-hydrogen) atoms. The zero-order valence-electron chi connectivity index (χ0n) is 11.0. The molecule has 0 spiro atoms. The second kappa shape index (κ2) is 5.86. The molecular weight excluding hydrogens is 265 g/mol. The van der Waals surface area contributed by atoms with Gasteiger partial charge in [-0.3, -0.25) is 0 Å². The quantitative estimate of drug-likeness (QED) is 0.865. The largest absolute Gasteiger partial charge is 0.396 e. The molecule has 0 saturated heterocycles. The van der Waals surface area contributed by atoms with Crippen molar-refractivity contribution >= 4 is 11.4 Å². The fourth-order valence-electron chi connectivity index (χ4n) is 1.99. The van der Waals surface area contributed by atoms with Gasteiger partial charge in [0.1, 0.15) is 17.5 Å². The van der Waals surface area contributed by atoms with E-state index in [9.17, 15) is 13.2 Å². The number of benzene rings is 2. The van der Waals surface area contributed by atoms with E-state index in [4.69, 9.17) is 5.73 Å². The van der Waals surface area contributed by atoms with Crippen molar-refractivity contribution in [3.8, 4) is 0 Å². The van der Waals surface area contributed by atoms with Gasteiger partial charge in [0.2, 0.25) is 0 Å². The molecule has 0 amide bonds. The molecule has 0 aromatic heterocycles. The highest BCUT2D eigenvalue weighted by atomic mass is 19.1. The first-order valence-electron chi connectivity index (χ1n) is 6.25. The fourth-order valence-corrected chi connectivity index (χ4v) is 1.99. The van der Waals surface area contributed by atoms with Gasteiger partial charge < -0.3 is 10.6 Å². The fraction of sp³-hybridized carbons (Fsp3) is 0.200. The smallest absolute Gasteiger partial charge is 0.146 e. The van der Waals surface area contributed by atoms with E-state index in [2.05, 4.69) is 0 Å². The summed E-state index contributed by atoms with van der Waals surface area (Å²) in [5, 5.41) is 0. The average Bonchev–Trinajstić information content (AvgIpc) is 2.42. The Morgan fingerprint density at radius 1 is 1.00 bits per heavy atom. The van der Waals surface area contributed by atoms with Crippen LogP contribution >= 0.6 is 0 Å². The van der Waals surface area contributed by atoms with Crippen molar-refractivity contribution in [1.29, 1.82) is 0 Å². The van der Waals surface area contributed by atoms with E-state index in [0.29, 0.717) is 12.2 Å². The van der Waals surface area contributed by atoms with Crippen LogP contribution in [0.25, 0.3) is 0 Å². The predicted octanol–water partition coefficient (Wildman–Crippen LogP) is 3.71. The van der Waals surface area contributed by atoms with Crippen LogP contribution in [-0.2, 0) is 6.54 Å². The lowest BCUT2D eigenvalue weighted by molar-refractivity contribution is 0.551. The minimum Gasteiger partial charge on any atom is -0.396 e. The second-order valence-corrected chi connectivity index (χ2v) is 4.42. The van der Waals surface area contributed by atoms with Crippen molar-refractivity contribution in [1.82, 2.24) is 0 Å². The van der Waals surface area contributed by atoms with Crippen LogP contribution in [0.5, 0.6) is 0 Å². The van der Waals surface area contributed by atoms with Crippen LogP contribution in [0.1, 0.15) is 12.5 Å². The van der Waals surface area contributed by atoms with Crippen LogP contribution in [0.3, 0.4) is 0 Å². The summed E-state index contributed by atoms with van der Waals surface area (Å²) in [6.07, 6.45) is 0. The minimum atomic E-state index is -0.599. The van der Waals surface area contributed by atoms with Crippen molar-refractivity contribution in [2.75, 3.05) is 17.2 Å². The highest BCUT2D eigenvalue weighted by Crippen LogP contribution is 2.23. The van der Waals surface area contributed by atoms with Gasteiger partial charge in [0.05, 0.1) is 5.69 Å². The third-order valence-electron chi connectivity index (χ3n) is 3.14. The number of rotatable bonds is 4. The highest BCUT2D eigenvalue weighted by Gasteiger charge is 2.14. The maximum Gasteiger partial charge on any atom is 0.146 e. The first-order valence-corrected chi connectivity index (χ1v) is 6.25. The summed E-state index contributed by atoms with van der Waals surface area (Å²) in [7, 11) is 0. The van der Waals surface area contributed by atoms with Gasteiger partial charge in [-0.2, -0.15) is 0 Å². The standard InChI is InChI=1S/C15H15F3N2/c1-2-20(10-6-7-14(18)15(19)8-10)9-11-12(16)4-3-5-13(11)17/h3-8H,2,9,19H2,1H3. The Kier molecular flexibility index (Phi) is 4.17. The minimum absolute atomic E-state index is 0.00922. The van der Waals surface area contributed by atoms with Crippen LogP contribution in [0.15, 0.2) is 36.4 Å². The van der Waals surface area contributed by atoms with E-state index in [-0.39, 0.29) is 17.8 Å². The molecule has 0 aliphatic carbocycles. The molecule has 0 radical (unpaired) electrons. The topological polar surface area (TPSA) is 29.3 Å². The zero-order chi connectivity index (χ0) is 14.7. The Labute approximate surface area is 115 Å². The normalized spacial score (nSPS) is 10.6. The zero-order valence-corrected chi connectivity index (χ0v) is 11.0. The van der Waals surface area contributed by atoms with E-state index in [0.717, 1.165) is 0 Å². The summed E-state index contributed by atoms with van der Waals surface area (Å²) in [6, 6.07) is 7.98.